The van der Waals surface area contributed by atoms with Crippen LogP contribution in [0.2, 0.25) is 0 Å². The van der Waals surface area contributed by atoms with Gasteiger partial charge < -0.3 is 69.6 Å². The fourth-order valence-corrected chi connectivity index (χ4v) is 0.276. The summed E-state index contributed by atoms with van der Waals surface area (Å²) in [6, 6.07) is 0. The second-order valence-corrected chi connectivity index (χ2v) is 14.2. The van der Waals surface area contributed by atoms with Crippen molar-refractivity contribution in [1.82, 2.24) is 0 Å². The summed E-state index contributed by atoms with van der Waals surface area (Å²) in [5.41, 5.74) is 1.17. The van der Waals surface area contributed by atoms with E-state index in [4.69, 9.17) is 45.6 Å². The molecule has 14 heteroatoms. The average molecular weight is 1000 g/mol. The third-order valence-electron chi connectivity index (χ3n) is 3.09. The molecule has 0 aliphatic heterocycles. The number of Topliss-reactive ketones (excluding diaryl/α,β-unsaturated/α-hetero) is 2. The van der Waals surface area contributed by atoms with Crippen LogP contribution >= 0.6 is 0 Å². The van der Waals surface area contributed by atoms with E-state index in [1.54, 1.807) is 62.3 Å². The summed E-state index contributed by atoms with van der Waals surface area (Å²) < 4.78 is 0. The summed E-state index contributed by atoms with van der Waals surface area (Å²) in [6.45, 7) is 53.9. The smallest absolute Gasteiger partial charge is 0.148 e. The fraction of sp³-hybridized carbons (Fsp3) is 0.852. The maximum absolute atomic E-state index is 9.81. The molecule has 0 saturated carbocycles. The maximum Gasteiger partial charge on any atom is 0.148 e. The minimum Gasteiger partial charge on any atom is -0.397 e. The zero-order chi connectivity index (χ0) is 59.3. The van der Waals surface area contributed by atoms with Gasteiger partial charge in [0.1, 0.15) is 42.8 Å². The first-order valence-corrected chi connectivity index (χ1v) is 24.8. The van der Waals surface area contributed by atoms with Gasteiger partial charge in [-0.2, -0.15) is 0 Å². The van der Waals surface area contributed by atoms with E-state index in [-0.39, 0.29) is 42.6 Å². The molecule has 0 aliphatic rings. The number of hydrogen-bond donors (Lipinski definition) is 8. The van der Waals surface area contributed by atoms with Crippen LogP contribution in [0.4, 0.5) is 0 Å². The molecule has 68 heavy (non-hydrogen) atoms. The zero-order valence-electron chi connectivity index (χ0n) is 50.3. The Hall–Kier alpha value is -2.56. The van der Waals surface area contributed by atoms with Gasteiger partial charge in [-0.1, -0.05) is 114 Å². The SMILES string of the molecule is C=C(C)C.CC.CC(C)=O.CC(C)O.CC(C)O.CC(C)O.CC(O)C=O.CC=O.CCC.CCC(C)=O.CCC(C)O.CCC=O.CCCC.CCCC=O.CCCCO.CCCO.CCO. The van der Waals surface area contributed by atoms with E-state index >= 15 is 0 Å². The van der Waals surface area contributed by atoms with Crippen molar-refractivity contribution >= 4 is 36.7 Å². The van der Waals surface area contributed by atoms with Crippen molar-refractivity contribution in [1.29, 1.82) is 0 Å². The largest absolute Gasteiger partial charge is 0.397 e. The number of allylic oxidation sites excluding steroid dienone is 1. The highest BCUT2D eigenvalue weighted by Gasteiger charge is 1.82. The molecule has 0 radical (unpaired) electrons. The summed E-state index contributed by atoms with van der Waals surface area (Å²) in [6.07, 6.45) is 12.3. The van der Waals surface area contributed by atoms with E-state index < -0.39 is 6.10 Å². The van der Waals surface area contributed by atoms with Gasteiger partial charge in [-0.25, -0.2) is 0 Å². The highest BCUT2D eigenvalue weighted by molar-refractivity contribution is 5.74. The normalized spacial score (nSPS) is 8.26. The number of ketones is 2. The van der Waals surface area contributed by atoms with Crippen molar-refractivity contribution in [3.63, 3.8) is 0 Å². The quantitative estimate of drug-likeness (QED) is 0.0748. The van der Waals surface area contributed by atoms with E-state index in [0.29, 0.717) is 38.8 Å². The number of unbranched alkanes of at least 4 members (excludes halogenated alkanes) is 3. The average Bonchev–Trinajstić information content (AvgIpc) is 3.23. The minimum absolute atomic E-state index is 0.116. The third-order valence-corrected chi connectivity index (χ3v) is 3.09. The number of hydrogen-bond acceptors (Lipinski definition) is 14. The van der Waals surface area contributed by atoms with Gasteiger partial charge in [0.2, 0.25) is 0 Å². The predicted molar refractivity (Wildman–Crippen MR) is 299 cm³/mol. The number of aliphatic hydroxyl groups excluding tert-OH is 8. The highest BCUT2D eigenvalue weighted by atomic mass is 16.3. The molecule has 0 amide bonds. The van der Waals surface area contributed by atoms with Crippen LogP contribution in [0.15, 0.2) is 12.2 Å². The summed E-state index contributed by atoms with van der Waals surface area (Å²) in [7, 11) is 0. The standard InChI is InChI=1S/C4H10O.C4H8O.C4H10O.C4H8O.C4H8.C4H10.C3H6O2.3C3H8O.C3H6O.C3H8O.C3H6O.C3H8.C2H6O.C2H4O.C2H6/c2*1-3-4(2)5;2*1-2-3-4-5;1-4(2)3;1-3-4-2;1-3(5)2-4;4*1-3(2)4;2*1-2-3-4;1-3-2;2*1-2-3;1-2/h4-5H,3H2,1-2H3;3H2,1-2H3;5H,2-4H2,1H3;4H,2-3H2,1H3;1H2,2-3H3;3-4H2,1-2H3;2-3,5H,1H3;3*3-4H,1-2H3;1-2H3;4H,2-3H2,1H3;3H,2H2,1H3;3H2,1-2H3;3H,2H2,1H3;2H,1H3;1-2H3. The molecule has 0 spiro atoms. The Bertz CT molecular complexity index is 660. The molecule has 8 N–H and O–H groups in total. The number of carbonyl (C=O) groups excluding carboxylic acids is 6. The number of carbonyl (C=O) groups is 6. The first-order chi connectivity index (χ1) is 31.3. The number of aliphatic hydroxyl groups is 8. The van der Waals surface area contributed by atoms with Gasteiger partial charge in [0.15, 0.2) is 0 Å². The van der Waals surface area contributed by atoms with E-state index in [0.717, 1.165) is 51.0 Å². The first-order valence-electron chi connectivity index (χ1n) is 24.8. The lowest BCUT2D eigenvalue weighted by Gasteiger charge is -1.90. The van der Waals surface area contributed by atoms with Gasteiger partial charge >= 0.3 is 0 Å². The lowest BCUT2D eigenvalue weighted by molar-refractivity contribution is -0.117. The number of aldehydes is 4. The molecule has 0 fully saturated rings. The monoisotopic (exact) mass is 1000 g/mol. The van der Waals surface area contributed by atoms with Crippen molar-refractivity contribution in [2.45, 2.75) is 288 Å². The van der Waals surface area contributed by atoms with Crippen molar-refractivity contribution in [2.24, 2.45) is 0 Å². The van der Waals surface area contributed by atoms with Crippen LogP contribution in [0, 0.1) is 0 Å². The lowest BCUT2D eigenvalue weighted by Crippen LogP contribution is -1.97. The van der Waals surface area contributed by atoms with Gasteiger partial charge in [0, 0.05) is 57.4 Å². The molecule has 14 nitrogen and oxygen atoms in total. The molecular formula is C54H128O14. The second kappa shape index (κ2) is 167. The van der Waals surface area contributed by atoms with Crippen LogP contribution in [0.1, 0.15) is 258 Å². The van der Waals surface area contributed by atoms with Crippen LogP contribution in [0.3, 0.4) is 0 Å². The zero-order valence-corrected chi connectivity index (χ0v) is 50.3. The summed E-state index contributed by atoms with van der Waals surface area (Å²) in [5.74, 6) is 0.421. The molecular weight excluding hydrogens is 873 g/mol. The van der Waals surface area contributed by atoms with Gasteiger partial charge in [-0.15, -0.1) is 6.58 Å². The van der Waals surface area contributed by atoms with Crippen LogP contribution < -0.4 is 0 Å². The number of rotatable bonds is 10. The first kappa shape index (κ1) is 116. The van der Waals surface area contributed by atoms with E-state index in [1.165, 1.54) is 52.5 Å². The van der Waals surface area contributed by atoms with E-state index in [1.807, 2.05) is 62.3 Å². The summed E-state index contributed by atoms with van der Waals surface area (Å²) >= 11 is 0. The molecule has 0 bridgehead atoms. The Morgan fingerprint density at radius 3 is 0.706 bits per heavy atom. The molecule has 428 valence electrons. The Kier molecular flexibility index (Phi) is 284. The minimum atomic E-state index is -0.796. The van der Waals surface area contributed by atoms with E-state index in [2.05, 4.69) is 41.2 Å². The predicted octanol–water partition coefficient (Wildman–Crippen LogP) is 11.9. The van der Waals surface area contributed by atoms with Crippen LogP contribution in [-0.4, -0.2) is 128 Å². The molecule has 0 heterocycles. The topological polar surface area (TPSA) is 264 Å². The Morgan fingerprint density at radius 1 is 0.529 bits per heavy atom. The highest BCUT2D eigenvalue weighted by Crippen LogP contribution is 1.82. The van der Waals surface area contributed by atoms with Crippen LogP contribution in [0.5, 0.6) is 0 Å². The van der Waals surface area contributed by atoms with Gasteiger partial charge in [-0.3, -0.25) is 0 Å². The van der Waals surface area contributed by atoms with Crippen molar-refractivity contribution < 1.29 is 69.6 Å². The fourth-order valence-electron chi connectivity index (χ4n) is 0.276. The molecule has 0 aromatic rings. The van der Waals surface area contributed by atoms with Gasteiger partial charge in [-0.05, 0) is 130 Å². The molecule has 2 unspecified atom stereocenters. The Labute approximate surface area is 425 Å². The Balaban J connectivity index is -0.0000000272. The molecule has 0 aromatic carbocycles. The third kappa shape index (κ3) is 2270. The molecule has 2 atom stereocenters. The molecule has 0 saturated heterocycles. The summed E-state index contributed by atoms with van der Waals surface area (Å²) in [4.78, 5) is 55.9. The molecule has 0 aromatic heterocycles. The maximum atomic E-state index is 9.81. The van der Waals surface area contributed by atoms with Crippen molar-refractivity contribution in [3.05, 3.63) is 12.2 Å². The summed E-state index contributed by atoms with van der Waals surface area (Å²) in [5, 5.41) is 64.0. The Morgan fingerprint density at radius 2 is 0.706 bits per heavy atom. The molecule has 0 aliphatic carbocycles. The second-order valence-electron chi connectivity index (χ2n) is 14.2. The van der Waals surface area contributed by atoms with Gasteiger partial charge in [0.05, 0.1) is 6.10 Å². The van der Waals surface area contributed by atoms with E-state index in [9.17, 15) is 24.0 Å². The molecule has 0 rings (SSSR count). The lowest BCUT2D eigenvalue weighted by atomic mass is 10.3. The van der Waals surface area contributed by atoms with Crippen LogP contribution in [0.25, 0.3) is 0 Å². The van der Waals surface area contributed by atoms with Crippen LogP contribution in [-0.2, 0) is 28.8 Å². The van der Waals surface area contributed by atoms with Crippen molar-refractivity contribution in [2.75, 3.05) is 19.8 Å². The van der Waals surface area contributed by atoms with Gasteiger partial charge in [0.25, 0.3) is 0 Å². The van der Waals surface area contributed by atoms with Crippen molar-refractivity contribution in [3.8, 4) is 0 Å².